The van der Waals surface area contributed by atoms with Crippen molar-refractivity contribution in [3.8, 4) is 0 Å². The van der Waals surface area contributed by atoms with Crippen molar-refractivity contribution >= 4 is 5.69 Å². The van der Waals surface area contributed by atoms with Crippen molar-refractivity contribution in [1.29, 1.82) is 0 Å². The Kier molecular flexibility index (Phi) is 3.73. The molecule has 0 heterocycles. The van der Waals surface area contributed by atoms with Gasteiger partial charge in [0.1, 0.15) is 5.82 Å². The Morgan fingerprint density at radius 1 is 1.06 bits per heavy atom. The molecule has 2 rings (SSSR count). The van der Waals surface area contributed by atoms with Crippen molar-refractivity contribution in [2.75, 3.05) is 5.32 Å². The minimum atomic E-state index is -0.185. The molecule has 0 atom stereocenters. The third-order valence-electron chi connectivity index (χ3n) is 2.60. The Labute approximate surface area is 100 Å². The molecular formula is C14H15FN2. The van der Waals surface area contributed by atoms with Gasteiger partial charge in [-0.2, -0.15) is 0 Å². The first-order valence-electron chi connectivity index (χ1n) is 5.56. The third-order valence-corrected chi connectivity index (χ3v) is 2.60. The molecule has 88 valence electrons. The van der Waals surface area contributed by atoms with Crippen molar-refractivity contribution in [3.05, 3.63) is 65.5 Å². The molecule has 0 spiro atoms. The molecule has 0 saturated heterocycles. The first-order valence-corrected chi connectivity index (χ1v) is 5.56. The van der Waals surface area contributed by atoms with Crippen LogP contribution < -0.4 is 11.1 Å². The average molecular weight is 230 g/mol. The van der Waals surface area contributed by atoms with Crippen molar-refractivity contribution in [3.63, 3.8) is 0 Å². The molecule has 17 heavy (non-hydrogen) atoms. The molecule has 0 radical (unpaired) electrons. The zero-order chi connectivity index (χ0) is 12.1. The molecule has 0 bridgehead atoms. The Bertz CT molecular complexity index is 497. The van der Waals surface area contributed by atoms with Crippen LogP contribution in [0.4, 0.5) is 10.1 Å². The summed E-state index contributed by atoms with van der Waals surface area (Å²) in [5.41, 5.74) is 8.23. The van der Waals surface area contributed by atoms with Crippen molar-refractivity contribution in [1.82, 2.24) is 0 Å². The van der Waals surface area contributed by atoms with Crippen molar-refractivity contribution < 1.29 is 4.39 Å². The molecular weight excluding hydrogens is 215 g/mol. The summed E-state index contributed by atoms with van der Waals surface area (Å²) in [4.78, 5) is 0. The Hall–Kier alpha value is -1.87. The average Bonchev–Trinajstić information content (AvgIpc) is 2.38. The number of hydrogen-bond acceptors (Lipinski definition) is 2. The van der Waals surface area contributed by atoms with E-state index in [4.69, 9.17) is 5.73 Å². The van der Waals surface area contributed by atoms with Crippen LogP contribution in [0.3, 0.4) is 0 Å². The minimum Gasteiger partial charge on any atom is -0.381 e. The lowest BCUT2D eigenvalue weighted by Gasteiger charge is -2.08. The highest BCUT2D eigenvalue weighted by atomic mass is 19.1. The van der Waals surface area contributed by atoms with Gasteiger partial charge in [-0.05, 0) is 23.8 Å². The normalized spacial score (nSPS) is 10.2. The maximum absolute atomic E-state index is 13.4. The van der Waals surface area contributed by atoms with Gasteiger partial charge in [-0.25, -0.2) is 4.39 Å². The maximum atomic E-state index is 13.4. The molecule has 0 aliphatic rings. The van der Waals surface area contributed by atoms with Crippen LogP contribution >= 0.6 is 0 Å². The summed E-state index contributed by atoms with van der Waals surface area (Å²) in [7, 11) is 0. The summed E-state index contributed by atoms with van der Waals surface area (Å²) in [6.07, 6.45) is 0. The van der Waals surface area contributed by atoms with Crippen LogP contribution in [-0.4, -0.2) is 0 Å². The Morgan fingerprint density at radius 2 is 1.88 bits per heavy atom. The summed E-state index contributed by atoms with van der Waals surface area (Å²) >= 11 is 0. The number of hydrogen-bond donors (Lipinski definition) is 2. The number of nitrogens with one attached hydrogen (secondary N) is 1. The third kappa shape index (κ3) is 3.04. The van der Waals surface area contributed by atoms with Gasteiger partial charge < -0.3 is 11.1 Å². The topological polar surface area (TPSA) is 38.0 Å². The summed E-state index contributed by atoms with van der Waals surface area (Å²) in [6.45, 7) is 0.982. The summed E-state index contributed by atoms with van der Waals surface area (Å²) in [6, 6.07) is 14.6. The highest BCUT2D eigenvalue weighted by molar-refractivity contribution is 5.46. The lowest BCUT2D eigenvalue weighted by atomic mass is 10.2. The second kappa shape index (κ2) is 5.46. The molecule has 0 aromatic heterocycles. The monoisotopic (exact) mass is 230 g/mol. The molecule has 0 amide bonds. The highest BCUT2D eigenvalue weighted by Crippen LogP contribution is 2.13. The second-order valence-electron chi connectivity index (χ2n) is 3.85. The minimum absolute atomic E-state index is 0.185. The van der Waals surface area contributed by atoms with E-state index in [1.807, 2.05) is 30.3 Å². The molecule has 0 saturated carbocycles. The van der Waals surface area contributed by atoms with E-state index in [-0.39, 0.29) is 5.82 Å². The number of halogens is 1. The Morgan fingerprint density at radius 3 is 2.65 bits per heavy atom. The molecule has 0 fully saturated rings. The molecule has 0 aliphatic carbocycles. The number of nitrogens with two attached hydrogens (primary N) is 1. The molecule has 2 nitrogen and oxygen atoms in total. The van der Waals surface area contributed by atoms with E-state index in [1.165, 1.54) is 6.07 Å². The number of benzene rings is 2. The van der Waals surface area contributed by atoms with Gasteiger partial charge in [0.05, 0.1) is 0 Å². The van der Waals surface area contributed by atoms with Gasteiger partial charge in [0.15, 0.2) is 0 Å². The largest absolute Gasteiger partial charge is 0.381 e. The smallest absolute Gasteiger partial charge is 0.128 e. The van der Waals surface area contributed by atoms with Crippen molar-refractivity contribution in [2.24, 2.45) is 5.73 Å². The van der Waals surface area contributed by atoms with E-state index in [0.717, 1.165) is 11.3 Å². The van der Waals surface area contributed by atoms with Crippen LogP contribution in [-0.2, 0) is 13.1 Å². The second-order valence-corrected chi connectivity index (χ2v) is 3.85. The van der Waals surface area contributed by atoms with Crippen LogP contribution in [0.2, 0.25) is 0 Å². The molecule has 2 aromatic carbocycles. The zero-order valence-corrected chi connectivity index (χ0v) is 9.49. The van der Waals surface area contributed by atoms with Gasteiger partial charge in [-0.15, -0.1) is 0 Å². The van der Waals surface area contributed by atoms with Crippen LogP contribution in [0.5, 0.6) is 0 Å². The van der Waals surface area contributed by atoms with E-state index >= 15 is 0 Å². The van der Waals surface area contributed by atoms with E-state index in [2.05, 4.69) is 5.32 Å². The maximum Gasteiger partial charge on any atom is 0.128 e. The standard InChI is InChI=1S/C14H15FN2/c15-14-7-2-1-5-12(14)10-17-13-6-3-4-11(8-13)9-16/h1-8,17H,9-10,16H2. The summed E-state index contributed by atoms with van der Waals surface area (Å²) in [5.74, 6) is -0.185. The van der Waals surface area contributed by atoms with Gasteiger partial charge in [0.25, 0.3) is 0 Å². The van der Waals surface area contributed by atoms with Crippen LogP contribution in [0.15, 0.2) is 48.5 Å². The first kappa shape index (κ1) is 11.6. The van der Waals surface area contributed by atoms with Crippen LogP contribution in [0.25, 0.3) is 0 Å². The number of anilines is 1. The highest BCUT2D eigenvalue weighted by Gasteiger charge is 2.00. The fraction of sp³-hybridized carbons (Fsp3) is 0.143. The van der Waals surface area contributed by atoms with E-state index in [1.54, 1.807) is 12.1 Å². The molecule has 0 aliphatic heterocycles. The van der Waals surface area contributed by atoms with Crippen LogP contribution in [0, 0.1) is 5.82 Å². The lowest BCUT2D eigenvalue weighted by molar-refractivity contribution is 0.613. The zero-order valence-electron chi connectivity index (χ0n) is 9.49. The quantitative estimate of drug-likeness (QED) is 0.847. The first-order chi connectivity index (χ1) is 8.29. The van der Waals surface area contributed by atoms with E-state index in [9.17, 15) is 4.39 Å². The molecule has 2 aromatic rings. The lowest BCUT2D eigenvalue weighted by Crippen LogP contribution is -2.03. The van der Waals surface area contributed by atoms with Gasteiger partial charge >= 0.3 is 0 Å². The van der Waals surface area contributed by atoms with E-state index < -0.39 is 0 Å². The van der Waals surface area contributed by atoms with E-state index in [0.29, 0.717) is 18.7 Å². The molecule has 3 N–H and O–H groups in total. The van der Waals surface area contributed by atoms with Gasteiger partial charge in [0.2, 0.25) is 0 Å². The van der Waals surface area contributed by atoms with Crippen LogP contribution in [0.1, 0.15) is 11.1 Å². The number of rotatable bonds is 4. The predicted molar refractivity (Wildman–Crippen MR) is 68.1 cm³/mol. The predicted octanol–water partition coefficient (Wildman–Crippen LogP) is 2.90. The van der Waals surface area contributed by atoms with Gasteiger partial charge in [-0.1, -0.05) is 30.3 Å². The summed E-state index contributed by atoms with van der Waals surface area (Å²) in [5, 5.41) is 3.18. The van der Waals surface area contributed by atoms with Gasteiger partial charge in [0, 0.05) is 24.3 Å². The fourth-order valence-electron chi connectivity index (χ4n) is 1.65. The molecule has 0 unspecified atom stereocenters. The Balaban J connectivity index is 2.05. The summed E-state index contributed by atoms with van der Waals surface area (Å²) < 4.78 is 13.4. The molecule has 3 heteroatoms. The fourth-order valence-corrected chi connectivity index (χ4v) is 1.65. The van der Waals surface area contributed by atoms with Crippen molar-refractivity contribution in [2.45, 2.75) is 13.1 Å². The SMILES string of the molecule is NCc1cccc(NCc2ccccc2F)c1. The van der Waals surface area contributed by atoms with Gasteiger partial charge in [-0.3, -0.25) is 0 Å².